The summed E-state index contributed by atoms with van der Waals surface area (Å²) in [5.41, 5.74) is 1.78. The number of para-hydroxylation sites is 1. The molecule has 5 heteroatoms. The van der Waals surface area contributed by atoms with Gasteiger partial charge in [0.1, 0.15) is 17.3 Å². The maximum Gasteiger partial charge on any atom is 0.185 e. The van der Waals surface area contributed by atoms with Gasteiger partial charge in [0, 0.05) is 22.2 Å². The van der Waals surface area contributed by atoms with Crippen molar-refractivity contribution >= 4 is 11.6 Å². The minimum atomic E-state index is -0.737. The highest BCUT2D eigenvalue weighted by atomic mass is 35.5. The molecule has 0 amide bonds. The molecule has 0 aliphatic heterocycles. The van der Waals surface area contributed by atoms with Crippen molar-refractivity contribution in [1.29, 1.82) is 0 Å². The first kappa shape index (κ1) is 19.1. The number of aromatic nitrogens is 1. The Kier molecular flexibility index (Phi) is 5.03. The van der Waals surface area contributed by atoms with Gasteiger partial charge in [0.15, 0.2) is 5.43 Å². The summed E-state index contributed by atoms with van der Waals surface area (Å²) in [5, 5.41) is 0.375. The lowest BCUT2D eigenvalue weighted by Crippen LogP contribution is -2.17. The molecule has 3 aromatic carbocycles. The molecule has 0 N–H and O–H groups in total. The number of nitrogens with zero attached hydrogens (tertiary/aromatic N) is 1. The molecule has 1 aromatic heterocycles. The molecular weight excluding hydrogens is 392 g/mol. The van der Waals surface area contributed by atoms with E-state index in [9.17, 15) is 13.6 Å². The third kappa shape index (κ3) is 3.36. The first-order valence-electron chi connectivity index (χ1n) is 9.00. The van der Waals surface area contributed by atoms with E-state index in [-0.39, 0.29) is 11.1 Å². The molecular formula is C24H16ClF2NO. The predicted molar refractivity (Wildman–Crippen MR) is 113 cm³/mol. The summed E-state index contributed by atoms with van der Waals surface area (Å²) < 4.78 is 31.2. The van der Waals surface area contributed by atoms with Crippen molar-refractivity contribution in [2.24, 2.45) is 0 Å². The summed E-state index contributed by atoms with van der Waals surface area (Å²) in [5.74, 6) is -1.47. The van der Waals surface area contributed by atoms with Crippen molar-refractivity contribution < 1.29 is 8.78 Å². The highest BCUT2D eigenvalue weighted by Crippen LogP contribution is 2.35. The molecule has 0 radical (unpaired) electrons. The van der Waals surface area contributed by atoms with Crippen LogP contribution in [-0.4, -0.2) is 4.57 Å². The Morgan fingerprint density at radius 1 is 0.828 bits per heavy atom. The fourth-order valence-corrected chi connectivity index (χ4v) is 3.68. The van der Waals surface area contributed by atoms with Crippen LogP contribution in [0.3, 0.4) is 0 Å². The first-order valence-corrected chi connectivity index (χ1v) is 9.38. The Morgan fingerprint density at radius 2 is 1.45 bits per heavy atom. The highest BCUT2D eigenvalue weighted by Gasteiger charge is 2.22. The van der Waals surface area contributed by atoms with E-state index in [4.69, 9.17) is 11.6 Å². The molecule has 0 saturated carbocycles. The monoisotopic (exact) mass is 407 g/mol. The van der Waals surface area contributed by atoms with E-state index >= 15 is 0 Å². The molecule has 2 nitrogen and oxygen atoms in total. The molecule has 0 spiro atoms. The zero-order valence-corrected chi connectivity index (χ0v) is 16.3. The Hall–Kier alpha value is -3.24. The lowest BCUT2D eigenvalue weighted by atomic mass is 10.0. The summed E-state index contributed by atoms with van der Waals surface area (Å²) in [7, 11) is 0. The number of hydrogen-bond donors (Lipinski definition) is 0. The van der Waals surface area contributed by atoms with Crippen LogP contribution < -0.4 is 5.43 Å². The van der Waals surface area contributed by atoms with Gasteiger partial charge in [-0.1, -0.05) is 66.2 Å². The van der Waals surface area contributed by atoms with Crippen LogP contribution in [0, 0.1) is 18.6 Å². The smallest absolute Gasteiger partial charge is 0.185 e. The standard InChI is InChI=1S/C24H16ClF2NO/c1-15-22(29)14-21(17-10-5-6-11-18(17)25)28(23(15)16-8-3-2-4-9-16)24-19(26)12-7-13-20(24)27/h2-14H,1H3. The van der Waals surface area contributed by atoms with Crippen molar-refractivity contribution in [2.75, 3.05) is 0 Å². The van der Waals surface area contributed by atoms with Gasteiger partial charge in [0.2, 0.25) is 0 Å². The average molecular weight is 408 g/mol. The van der Waals surface area contributed by atoms with Gasteiger partial charge >= 0.3 is 0 Å². The molecule has 4 aromatic rings. The van der Waals surface area contributed by atoms with Gasteiger partial charge in [-0.25, -0.2) is 8.78 Å². The number of benzene rings is 3. The largest absolute Gasteiger partial charge is 0.303 e. The van der Waals surface area contributed by atoms with Crippen LogP contribution in [0.5, 0.6) is 0 Å². The van der Waals surface area contributed by atoms with Crippen molar-refractivity contribution in [3.63, 3.8) is 0 Å². The van der Waals surface area contributed by atoms with Gasteiger partial charge in [-0.05, 0) is 30.7 Å². The lowest BCUT2D eigenvalue weighted by molar-refractivity contribution is 0.570. The van der Waals surface area contributed by atoms with Gasteiger partial charge < -0.3 is 4.57 Å². The summed E-state index contributed by atoms with van der Waals surface area (Å²) in [6.07, 6.45) is 0. The molecule has 0 saturated heterocycles. The van der Waals surface area contributed by atoms with E-state index in [0.29, 0.717) is 33.1 Å². The Morgan fingerprint density at radius 3 is 2.10 bits per heavy atom. The zero-order valence-electron chi connectivity index (χ0n) is 15.5. The minimum Gasteiger partial charge on any atom is -0.303 e. The second kappa shape index (κ2) is 7.64. The van der Waals surface area contributed by atoms with Gasteiger partial charge in [-0.3, -0.25) is 4.79 Å². The number of pyridine rings is 1. The predicted octanol–water partition coefficient (Wildman–Crippen LogP) is 6.41. The second-order valence-electron chi connectivity index (χ2n) is 6.62. The molecule has 0 unspecified atom stereocenters. The van der Waals surface area contributed by atoms with Crippen LogP contribution in [0.25, 0.3) is 28.2 Å². The maximum absolute atomic E-state index is 14.9. The van der Waals surface area contributed by atoms with Gasteiger partial charge in [0.25, 0.3) is 0 Å². The van der Waals surface area contributed by atoms with Crippen LogP contribution in [0.15, 0.2) is 83.7 Å². The summed E-state index contributed by atoms with van der Waals surface area (Å²) >= 11 is 6.39. The van der Waals surface area contributed by atoms with E-state index in [1.807, 2.05) is 18.2 Å². The van der Waals surface area contributed by atoms with Crippen molar-refractivity contribution in [3.8, 4) is 28.2 Å². The molecule has 1 heterocycles. The molecule has 144 valence electrons. The van der Waals surface area contributed by atoms with Crippen LogP contribution in [0.1, 0.15) is 5.56 Å². The van der Waals surface area contributed by atoms with E-state index in [1.54, 1.807) is 43.3 Å². The number of halogens is 3. The molecule has 4 rings (SSSR count). The van der Waals surface area contributed by atoms with E-state index in [0.717, 1.165) is 0 Å². The van der Waals surface area contributed by atoms with Crippen molar-refractivity contribution in [1.82, 2.24) is 4.57 Å². The molecule has 0 aliphatic rings. The van der Waals surface area contributed by atoms with Gasteiger partial charge in [-0.15, -0.1) is 0 Å². The second-order valence-corrected chi connectivity index (χ2v) is 7.03. The molecule has 0 fully saturated rings. The highest BCUT2D eigenvalue weighted by molar-refractivity contribution is 6.33. The van der Waals surface area contributed by atoms with E-state index < -0.39 is 11.6 Å². The average Bonchev–Trinajstić information content (AvgIpc) is 2.71. The molecule has 29 heavy (non-hydrogen) atoms. The fraction of sp³-hybridized carbons (Fsp3) is 0.0417. The van der Waals surface area contributed by atoms with Gasteiger partial charge in [0.05, 0.1) is 11.4 Å². The lowest BCUT2D eigenvalue weighted by Gasteiger charge is -2.22. The van der Waals surface area contributed by atoms with Crippen LogP contribution in [0.4, 0.5) is 8.78 Å². The summed E-state index contributed by atoms with van der Waals surface area (Å²) in [6, 6.07) is 21.0. The molecule has 0 bridgehead atoms. The van der Waals surface area contributed by atoms with Crippen LogP contribution in [-0.2, 0) is 0 Å². The van der Waals surface area contributed by atoms with Crippen LogP contribution >= 0.6 is 11.6 Å². The zero-order chi connectivity index (χ0) is 20.5. The molecule has 0 atom stereocenters. The normalized spacial score (nSPS) is 10.9. The topological polar surface area (TPSA) is 22.0 Å². The minimum absolute atomic E-state index is 0.244. The molecule has 0 aliphatic carbocycles. The number of hydrogen-bond acceptors (Lipinski definition) is 1. The van der Waals surface area contributed by atoms with Crippen molar-refractivity contribution in [2.45, 2.75) is 6.92 Å². The summed E-state index contributed by atoms with van der Waals surface area (Å²) in [4.78, 5) is 12.8. The Bertz CT molecular complexity index is 1250. The van der Waals surface area contributed by atoms with Crippen LogP contribution in [0.2, 0.25) is 5.02 Å². The maximum atomic E-state index is 14.9. The Balaban J connectivity index is 2.23. The SMILES string of the molecule is Cc1c(-c2ccccc2)n(-c2c(F)cccc2F)c(-c2ccccc2Cl)cc1=O. The quantitative estimate of drug-likeness (QED) is 0.384. The third-order valence-corrected chi connectivity index (χ3v) is 5.14. The van der Waals surface area contributed by atoms with E-state index in [2.05, 4.69) is 0 Å². The van der Waals surface area contributed by atoms with Crippen molar-refractivity contribution in [3.05, 3.63) is 111 Å². The Labute approximate surface area is 171 Å². The van der Waals surface area contributed by atoms with E-state index in [1.165, 1.54) is 28.8 Å². The third-order valence-electron chi connectivity index (χ3n) is 4.82. The number of rotatable bonds is 3. The van der Waals surface area contributed by atoms with Gasteiger partial charge in [-0.2, -0.15) is 0 Å². The first-order chi connectivity index (χ1) is 14.0. The fourth-order valence-electron chi connectivity index (χ4n) is 3.45. The summed E-state index contributed by atoms with van der Waals surface area (Å²) in [6.45, 7) is 1.65.